The number of Topliss-reactive ketones (excluding diaryl/α,β-unsaturated/α-hetero) is 1. The van der Waals surface area contributed by atoms with Crippen LogP contribution in [-0.4, -0.2) is 10.4 Å². The Morgan fingerprint density at radius 3 is 2.53 bits per heavy atom. The topological polar surface area (TPSA) is 22.0 Å². The first kappa shape index (κ1) is 9.71. The van der Waals surface area contributed by atoms with E-state index < -0.39 is 0 Å². The molecule has 0 saturated heterocycles. The minimum atomic E-state index is 0.168. The molecule has 1 heterocycles. The number of ketones is 1. The standard InChI is InChI=1S/C13H13NO/c1-14-8-7-12(10-14)13(15)9-11-5-3-2-4-6-11/h2-8,10H,9H2,1H3. The number of carbonyl (C=O) groups is 1. The van der Waals surface area contributed by atoms with Crippen LogP contribution >= 0.6 is 0 Å². The first-order chi connectivity index (χ1) is 7.25. The van der Waals surface area contributed by atoms with Gasteiger partial charge >= 0.3 is 0 Å². The molecule has 0 spiro atoms. The minimum absolute atomic E-state index is 0.168. The molecule has 0 bridgehead atoms. The average molecular weight is 199 g/mol. The Hall–Kier alpha value is -1.83. The summed E-state index contributed by atoms with van der Waals surface area (Å²) in [5, 5.41) is 0. The molecule has 0 aliphatic carbocycles. The molecule has 0 aliphatic heterocycles. The van der Waals surface area contributed by atoms with Gasteiger partial charge in [0.05, 0.1) is 0 Å². The second-order valence-corrected chi connectivity index (χ2v) is 3.65. The van der Waals surface area contributed by atoms with Crippen LogP contribution in [0.3, 0.4) is 0 Å². The zero-order valence-electron chi connectivity index (χ0n) is 8.68. The number of hydrogen-bond acceptors (Lipinski definition) is 1. The molecule has 0 unspecified atom stereocenters. The van der Waals surface area contributed by atoms with E-state index in [1.54, 1.807) is 0 Å². The lowest BCUT2D eigenvalue weighted by molar-refractivity contribution is 0.0993. The van der Waals surface area contributed by atoms with Gasteiger partial charge in [-0.1, -0.05) is 30.3 Å². The van der Waals surface area contributed by atoms with Gasteiger partial charge in [0.25, 0.3) is 0 Å². The molecule has 0 fully saturated rings. The average Bonchev–Trinajstić information content (AvgIpc) is 2.66. The van der Waals surface area contributed by atoms with E-state index in [4.69, 9.17) is 0 Å². The van der Waals surface area contributed by atoms with Gasteiger partial charge in [0.2, 0.25) is 0 Å². The lowest BCUT2D eigenvalue weighted by Crippen LogP contribution is -2.02. The van der Waals surface area contributed by atoms with Gasteiger partial charge < -0.3 is 4.57 Å². The zero-order valence-corrected chi connectivity index (χ0v) is 8.68. The van der Waals surface area contributed by atoms with Crippen LogP contribution in [0.15, 0.2) is 48.8 Å². The van der Waals surface area contributed by atoms with E-state index in [1.807, 2.05) is 60.4 Å². The molecule has 0 radical (unpaired) electrons. The van der Waals surface area contributed by atoms with Gasteiger partial charge in [-0.15, -0.1) is 0 Å². The maximum atomic E-state index is 11.8. The molecular weight excluding hydrogens is 186 g/mol. The van der Waals surface area contributed by atoms with E-state index in [2.05, 4.69) is 0 Å². The largest absolute Gasteiger partial charge is 0.357 e. The van der Waals surface area contributed by atoms with Crippen LogP contribution < -0.4 is 0 Å². The van der Waals surface area contributed by atoms with Crippen molar-refractivity contribution >= 4 is 5.78 Å². The van der Waals surface area contributed by atoms with Crippen molar-refractivity contribution in [3.63, 3.8) is 0 Å². The van der Waals surface area contributed by atoms with Gasteiger partial charge in [-0.2, -0.15) is 0 Å². The van der Waals surface area contributed by atoms with Crippen LogP contribution in [0.5, 0.6) is 0 Å². The molecule has 1 aromatic carbocycles. The predicted octanol–water partition coefficient (Wildman–Crippen LogP) is 2.45. The molecule has 2 heteroatoms. The Morgan fingerprint density at radius 1 is 1.20 bits per heavy atom. The minimum Gasteiger partial charge on any atom is -0.357 e. The molecule has 15 heavy (non-hydrogen) atoms. The Kier molecular flexibility index (Phi) is 2.68. The van der Waals surface area contributed by atoms with E-state index in [0.717, 1.165) is 11.1 Å². The predicted molar refractivity (Wildman–Crippen MR) is 59.9 cm³/mol. The fourth-order valence-corrected chi connectivity index (χ4v) is 1.55. The highest BCUT2D eigenvalue weighted by Gasteiger charge is 2.07. The molecule has 2 aromatic rings. The second-order valence-electron chi connectivity index (χ2n) is 3.65. The third-order valence-corrected chi connectivity index (χ3v) is 2.36. The van der Waals surface area contributed by atoms with Gasteiger partial charge in [-0.25, -0.2) is 0 Å². The molecule has 2 rings (SSSR count). The maximum absolute atomic E-state index is 11.8. The second kappa shape index (κ2) is 4.13. The summed E-state index contributed by atoms with van der Waals surface area (Å²) >= 11 is 0. The molecule has 76 valence electrons. The summed E-state index contributed by atoms with van der Waals surface area (Å²) in [6.45, 7) is 0. The van der Waals surface area contributed by atoms with Crippen molar-refractivity contribution in [1.29, 1.82) is 0 Å². The van der Waals surface area contributed by atoms with E-state index in [9.17, 15) is 4.79 Å². The van der Waals surface area contributed by atoms with E-state index in [1.165, 1.54) is 0 Å². The number of carbonyl (C=O) groups excluding carboxylic acids is 1. The van der Waals surface area contributed by atoms with Gasteiger partial charge in [0.1, 0.15) is 0 Å². The summed E-state index contributed by atoms with van der Waals surface area (Å²) in [5.41, 5.74) is 1.84. The highest BCUT2D eigenvalue weighted by molar-refractivity contribution is 5.97. The number of aromatic nitrogens is 1. The van der Waals surface area contributed by atoms with Crippen LogP contribution in [-0.2, 0) is 13.5 Å². The number of aryl methyl sites for hydroxylation is 1. The Morgan fingerprint density at radius 2 is 1.93 bits per heavy atom. The normalized spacial score (nSPS) is 10.2. The molecule has 0 saturated carbocycles. The van der Waals surface area contributed by atoms with Gasteiger partial charge in [-0.05, 0) is 11.6 Å². The molecule has 0 N–H and O–H groups in total. The van der Waals surface area contributed by atoms with Crippen molar-refractivity contribution in [2.24, 2.45) is 7.05 Å². The third-order valence-electron chi connectivity index (χ3n) is 2.36. The number of nitrogens with zero attached hydrogens (tertiary/aromatic N) is 1. The molecular formula is C13H13NO. The van der Waals surface area contributed by atoms with E-state index in [-0.39, 0.29) is 5.78 Å². The van der Waals surface area contributed by atoms with Crippen LogP contribution in [0.2, 0.25) is 0 Å². The Labute approximate surface area is 89.2 Å². The van der Waals surface area contributed by atoms with Crippen molar-refractivity contribution in [1.82, 2.24) is 4.57 Å². The smallest absolute Gasteiger partial charge is 0.168 e. The number of rotatable bonds is 3. The number of hydrogen-bond donors (Lipinski definition) is 0. The monoisotopic (exact) mass is 199 g/mol. The van der Waals surface area contributed by atoms with Crippen molar-refractivity contribution in [2.75, 3.05) is 0 Å². The first-order valence-electron chi connectivity index (χ1n) is 4.95. The summed E-state index contributed by atoms with van der Waals surface area (Å²) < 4.78 is 1.89. The van der Waals surface area contributed by atoms with Crippen molar-refractivity contribution in [2.45, 2.75) is 6.42 Å². The summed E-state index contributed by atoms with van der Waals surface area (Å²) in [4.78, 5) is 11.8. The molecule has 0 amide bonds. The summed E-state index contributed by atoms with van der Waals surface area (Å²) in [6.07, 6.45) is 4.22. The van der Waals surface area contributed by atoms with Crippen LogP contribution in [0.1, 0.15) is 15.9 Å². The third kappa shape index (κ3) is 2.34. The highest BCUT2D eigenvalue weighted by atomic mass is 16.1. The van der Waals surface area contributed by atoms with Crippen LogP contribution in [0, 0.1) is 0 Å². The van der Waals surface area contributed by atoms with Crippen molar-refractivity contribution in [3.05, 3.63) is 59.9 Å². The Balaban J connectivity index is 2.11. The molecule has 0 atom stereocenters. The van der Waals surface area contributed by atoms with Gasteiger partial charge in [0, 0.05) is 31.4 Å². The van der Waals surface area contributed by atoms with E-state index >= 15 is 0 Å². The van der Waals surface area contributed by atoms with Gasteiger partial charge in [0.15, 0.2) is 5.78 Å². The summed E-state index contributed by atoms with van der Waals surface area (Å²) in [5.74, 6) is 0.168. The van der Waals surface area contributed by atoms with E-state index in [0.29, 0.717) is 6.42 Å². The molecule has 2 nitrogen and oxygen atoms in total. The highest BCUT2D eigenvalue weighted by Crippen LogP contribution is 2.07. The first-order valence-corrected chi connectivity index (χ1v) is 4.95. The fourth-order valence-electron chi connectivity index (χ4n) is 1.55. The fraction of sp³-hybridized carbons (Fsp3) is 0.154. The molecule has 0 aliphatic rings. The van der Waals surface area contributed by atoms with Gasteiger partial charge in [-0.3, -0.25) is 4.79 Å². The van der Waals surface area contributed by atoms with Crippen molar-refractivity contribution < 1.29 is 4.79 Å². The van der Waals surface area contributed by atoms with Crippen LogP contribution in [0.4, 0.5) is 0 Å². The maximum Gasteiger partial charge on any atom is 0.168 e. The lowest BCUT2D eigenvalue weighted by atomic mass is 10.1. The summed E-state index contributed by atoms with van der Waals surface area (Å²) in [7, 11) is 1.92. The SMILES string of the molecule is Cn1ccc(C(=O)Cc2ccccc2)c1. The summed E-state index contributed by atoms with van der Waals surface area (Å²) in [6, 6.07) is 11.7. The number of benzene rings is 1. The quantitative estimate of drug-likeness (QED) is 0.696. The molecule has 1 aromatic heterocycles. The Bertz CT molecular complexity index is 456. The van der Waals surface area contributed by atoms with Crippen molar-refractivity contribution in [3.8, 4) is 0 Å². The lowest BCUT2D eigenvalue weighted by Gasteiger charge is -1.98. The van der Waals surface area contributed by atoms with Crippen LogP contribution in [0.25, 0.3) is 0 Å². The zero-order chi connectivity index (χ0) is 10.7.